The summed E-state index contributed by atoms with van der Waals surface area (Å²) in [7, 11) is 0. The minimum Gasteiger partial charge on any atom is -0.466 e. The van der Waals surface area contributed by atoms with Crippen LogP contribution in [0.2, 0.25) is 0 Å². The van der Waals surface area contributed by atoms with Crippen molar-refractivity contribution < 1.29 is 43.1 Å². The van der Waals surface area contributed by atoms with Gasteiger partial charge in [0.2, 0.25) is 0 Å². The Morgan fingerprint density at radius 2 is 0.513 bits per heavy atom. The fraction of sp³-hybridized carbons (Fsp3) is 0.971. The molecule has 0 aromatic rings. The van der Waals surface area contributed by atoms with Gasteiger partial charge in [0.1, 0.15) is 0 Å². The Bertz CT molecular complexity index is 1030. The van der Waals surface area contributed by atoms with Gasteiger partial charge in [0.15, 0.2) is 12.6 Å². The number of carbonyl (C=O) groups is 2. The Kier molecular flexibility index (Phi) is 65.4. The maximum atomic E-state index is 12.7. The van der Waals surface area contributed by atoms with Gasteiger partial charge in [0, 0.05) is 45.9 Å². The Morgan fingerprint density at radius 3 is 0.769 bits per heavy atom. The summed E-state index contributed by atoms with van der Waals surface area (Å²) in [5, 5.41) is 9.40. The van der Waals surface area contributed by atoms with Crippen molar-refractivity contribution in [2.45, 2.75) is 361 Å². The molecule has 0 aliphatic heterocycles. The molecule has 466 valence electrons. The van der Waals surface area contributed by atoms with E-state index < -0.39 is 0 Å². The van der Waals surface area contributed by atoms with Crippen LogP contribution in [0.3, 0.4) is 0 Å². The molecule has 0 atom stereocenters. The summed E-state index contributed by atoms with van der Waals surface area (Å²) in [6.45, 7) is 16.4. The maximum absolute atomic E-state index is 12.7. The Morgan fingerprint density at radius 1 is 0.295 bits per heavy atom. The Labute approximate surface area is 485 Å². The normalized spacial score (nSPS) is 11.8. The fourth-order valence-electron chi connectivity index (χ4n) is 10.3. The molecular formula is C68H135NO9. The molecule has 0 radical (unpaired) electrons. The molecule has 1 N–H and O–H groups in total. The highest BCUT2D eigenvalue weighted by Crippen LogP contribution is 2.17. The van der Waals surface area contributed by atoms with Gasteiger partial charge in [-0.25, -0.2) is 0 Å². The lowest BCUT2D eigenvalue weighted by Gasteiger charge is -2.22. The van der Waals surface area contributed by atoms with Crippen molar-refractivity contribution >= 4 is 11.9 Å². The number of nitrogens with zero attached hydrogens (tertiary/aromatic N) is 1. The van der Waals surface area contributed by atoms with E-state index in [1.54, 1.807) is 0 Å². The highest BCUT2D eigenvalue weighted by atomic mass is 16.7. The highest BCUT2D eigenvalue weighted by molar-refractivity contribution is 5.69. The average molecular weight is 1110 g/mol. The second-order valence-electron chi connectivity index (χ2n) is 23.3. The Balaban J connectivity index is 4.30. The van der Waals surface area contributed by atoms with Crippen molar-refractivity contribution in [1.82, 2.24) is 4.90 Å². The number of hydrogen-bond acceptors (Lipinski definition) is 10. The summed E-state index contributed by atoms with van der Waals surface area (Å²) in [5.74, 6) is -0.267. The van der Waals surface area contributed by atoms with E-state index in [9.17, 15) is 14.7 Å². The summed E-state index contributed by atoms with van der Waals surface area (Å²) in [4.78, 5) is 28.0. The van der Waals surface area contributed by atoms with E-state index in [1.165, 1.54) is 231 Å². The van der Waals surface area contributed by atoms with Crippen molar-refractivity contribution in [1.29, 1.82) is 0 Å². The summed E-state index contributed by atoms with van der Waals surface area (Å²) < 4.78 is 36.0. The summed E-state index contributed by atoms with van der Waals surface area (Å²) in [5.41, 5.74) is 0. The minimum absolute atomic E-state index is 0.134. The van der Waals surface area contributed by atoms with Crippen molar-refractivity contribution in [3.8, 4) is 0 Å². The van der Waals surface area contributed by atoms with E-state index in [0.717, 1.165) is 83.8 Å². The van der Waals surface area contributed by atoms with Crippen LogP contribution in [0.5, 0.6) is 0 Å². The minimum atomic E-state index is -0.321. The maximum Gasteiger partial charge on any atom is 0.305 e. The molecule has 0 amide bonds. The van der Waals surface area contributed by atoms with Crippen LogP contribution >= 0.6 is 0 Å². The molecule has 0 saturated carbocycles. The number of carbonyl (C=O) groups excluding carboxylic acids is 2. The molecule has 10 nitrogen and oxygen atoms in total. The number of aliphatic hydroxyl groups is 1. The fourth-order valence-corrected chi connectivity index (χ4v) is 10.3. The zero-order chi connectivity index (χ0) is 56.6. The van der Waals surface area contributed by atoms with Crippen molar-refractivity contribution in [2.24, 2.45) is 0 Å². The molecule has 0 saturated heterocycles. The molecule has 0 unspecified atom stereocenters. The first kappa shape index (κ1) is 76.7. The molecule has 0 rings (SSSR count). The molecule has 0 aliphatic rings. The van der Waals surface area contributed by atoms with Gasteiger partial charge in [-0.2, -0.15) is 0 Å². The van der Waals surface area contributed by atoms with Crippen molar-refractivity contribution in [3.63, 3.8) is 0 Å². The second kappa shape index (κ2) is 66.5. The third-order valence-electron chi connectivity index (χ3n) is 15.5. The first-order chi connectivity index (χ1) is 38.5. The lowest BCUT2D eigenvalue weighted by Crippen LogP contribution is -2.27. The van der Waals surface area contributed by atoms with E-state index in [1.807, 2.05) is 0 Å². The number of esters is 2. The molecule has 0 heterocycles. The molecule has 0 aromatic carbocycles. The monoisotopic (exact) mass is 1110 g/mol. The quantitative estimate of drug-likeness (QED) is 0.0359. The molecule has 78 heavy (non-hydrogen) atoms. The number of ether oxygens (including phenoxy) is 6. The first-order valence-electron chi connectivity index (χ1n) is 34.6. The predicted molar refractivity (Wildman–Crippen MR) is 330 cm³/mol. The van der Waals surface area contributed by atoms with E-state index in [0.29, 0.717) is 65.3 Å². The lowest BCUT2D eigenvalue weighted by molar-refractivity contribution is -0.159. The molecule has 0 spiro atoms. The summed E-state index contributed by atoms with van der Waals surface area (Å²) in [6, 6.07) is 0. The van der Waals surface area contributed by atoms with Crippen LogP contribution in [-0.4, -0.2) is 100 Å². The van der Waals surface area contributed by atoms with E-state index in [4.69, 9.17) is 28.4 Å². The van der Waals surface area contributed by atoms with Crippen LogP contribution in [0.25, 0.3) is 0 Å². The van der Waals surface area contributed by atoms with Crippen LogP contribution in [0.1, 0.15) is 349 Å². The van der Waals surface area contributed by atoms with E-state index in [-0.39, 0.29) is 31.1 Å². The first-order valence-corrected chi connectivity index (χ1v) is 34.6. The number of unbranched alkanes of at least 4 members (excludes halogenated alkanes) is 39. The summed E-state index contributed by atoms with van der Waals surface area (Å²) >= 11 is 0. The van der Waals surface area contributed by atoms with Gasteiger partial charge >= 0.3 is 11.9 Å². The molecule has 0 fully saturated rings. The molecular weight excluding hydrogens is 975 g/mol. The molecule has 10 heteroatoms. The smallest absolute Gasteiger partial charge is 0.305 e. The SMILES string of the molecule is CCCCCCCCCCOC(CCC(=O)OCCCCCCCCN(CCCCO)CCCCCCCCOC(=O)CCC(OCCCCCCCCCC)OCCCCCCCCCC)OCCCCCCCCCC. The Hall–Kier alpha value is -1.30. The number of aliphatic hydroxyl groups excluding tert-OH is 1. The second-order valence-corrected chi connectivity index (χ2v) is 23.3. The predicted octanol–water partition coefficient (Wildman–Crippen LogP) is 19.7. The third-order valence-corrected chi connectivity index (χ3v) is 15.5. The van der Waals surface area contributed by atoms with Crippen LogP contribution in [0.4, 0.5) is 0 Å². The average Bonchev–Trinajstić information content (AvgIpc) is 3.44. The van der Waals surface area contributed by atoms with E-state index >= 15 is 0 Å². The number of hydrogen-bond donors (Lipinski definition) is 1. The van der Waals surface area contributed by atoms with Gasteiger partial charge in [-0.15, -0.1) is 0 Å². The van der Waals surface area contributed by atoms with Gasteiger partial charge in [-0.1, -0.05) is 259 Å². The van der Waals surface area contributed by atoms with Gasteiger partial charge in [-0.05, 0) is 83.8 Å². The van der Waals surface area contributed by atoms with E-state index in [2.05, 4.69) is 32.6 Å². The van der Waals surface area contributed by atoms with Crippen molar-refractivity contribution in [3.05, 3.63) is 0 Å². The molecule has 0 aromatic heterocycles. The van der Waals surface area contributed by atoms with Crippen LogP contribution in [0, 0.1) is 0 Å². The third kappa shape index (κ3) is 60.8. The van der Waals surface area contributed by atoms with Crippen LogP contribution < -0.4 is 0 Å². The summed E-state index contributed by atoms with van der Waals surface area (Å²) in [6.07, 6.45) is 57.5. The van der Waals surface area contributed by atoms with Crippen LogP contribution in [-0.2, 0) is 38.0 Å². The largest absolute Gasteiger partial charge is 0.466 e. The molecule has 0 aliphatic carbocycles. The zero-order valence-corrected chi connectivity index (χ0v) is 52.7. The highest BCUT2D eigenvalue weighted by Gasteiger charge is 2.16. The van der Waals surface area contributed by atoms with Crippen LogP contribution in [0.15, 0.2) is 0 Å². The lowest BCUT2D eigenvalue weighted by atomic mass is 10.1. The van der Waals surface area contributed by atoms with Gasteiger partial charge in [-0.3, -0.25) is 9.59 Å². The number of rotatable bonds is 68. The van der Waals surface area contributed by atoms with Gasteiger partial charge < -0.3 is 38.4 Å². The van der Waals surface area contributed by atoms with Crippen molar-refractivity contribution in [2.75, 3.05) is 65.9 Å². The topological polar surface area (TPSA) is 113 Å². The van der Waals surface area contributed by atoms with Gasteiger partial charge in [0.05, 0.1) is 26.1 Å². The zero-order valence-electron chi connectivity index (χ0n) is 52.7. The standard InChI is InChI=1S/C68H135NO9/c1-5-9-13-17-21-27-37-47-61-75-67(76-62-48-38-28-22-18-14-10-6-2)53-51-65(71)73-59-45-35-31-25-33-41-55-69(57-43-44-58-70)56-42-34-26-32-36-46-60-74-66(72)52-54-68(77-63-49-39-29-23-19-15-11-7-3)78-64-50-40-30-24-20-16-12-8-4/h67-68,70H,5-64H2,1-4H3. The molecule has 0 bridgehead atoms. The van der Waals surface area contributed by atoms with Gasteiger partial charge in [0.25, 0.3) is 0 Å².